The SMILES string of the molecule is Cc1nc(-c2cccc(NS(=O)(=O)c3ccc(F)c(Cl)c3)c2)no1. The maximum absolute atomic E-state index is 13.2. The molecule has 24 heavy (non-hydrogen) atoms. The van der Waals surface area contributed by atoms with E-state index in [1.807, 2.05) is 0 Å². The first-order valence-electron chi connectivity index (χ1n) is 6.74. The molecule has 9 heteroatoms. The van der Waals surface area contributed by atoms with Gasteiger partial charge in [0.15, 0.2) is 0 Å². The van der Waals surface area contributed by atoms with Gasteiger partial charge in [-0.05, 0) is 30.3 Å². The van der Waals surface area contributed by atoms with E-state index in [4.69, 9.17) is 16.1 Å². The zero-order valence-corrected chi connectivity index (χ0v) is 13.9. The average Bonchev–Trinajstić information content (AvgIpc) is 2.96. The van der Waals surface area contributed by atoms with E-state index in [9.17, 15) is 12.8 Å². The normalized spacial score (nSPS) is 11.5. The van der Waals surface area contributed by atoms with Crippen molar-refractivity contribution >= 4 is 27.3 Å². The number of benzene rings is 2. The third kappa shape index (κ3) is 3.39. The van der Waals surface area contributed by atoms with Gasteiger partial charge in [-0.1, -0.05) is 28.9 Å². The Morgan fingerprint density at radius 3 is 2.67 bits per heavy atom. The zero-order chi connectivity index (χ0) is 17.3. The molecule has 0 bridgehead atoms. The summed E-state index contributed by atoms with van der Waals surface area (Å²) in [5.41, 5.74) is 0.889. The molecular formula is C15H11ClFN3O3S. The monoisotopic (exact) mass is 367 g/mol. The van der Waals surface area contributed by atoms with Crippen LogP contribution in [0.4, 0.5) is 10.1 Å². The quantitative estimate of drug-likeness (QED) is 0.761. The fraction of sp³-hybridized carbons (Fsp3) is 0.0667. The molecule has 0 radical (unpaired) electrons. The molecule has 0 unspecified atom stereocenters. The van der Waals surface area contributed by atoms with Crippen molar-refractivity contribution in [2.24, 2.45) is 0 Å². The number of nitrogens with one attached hydrogen (secondary N) is 1. The number of nitrogens with zero attached hydrogens (tertiary/aromatic N) is 2. The van der Waals surface area contributed by atoms with Crippen LogP contribution in [0.3, 0.4) is 0 Å². The van der Waals surface area contributed by atoms with E-state index in [0.717, 1.165) is 18.2 Å². The first kappa shape index (κ1) is 16.4. The Kier molecular flexibility index (Phi) is 4.25. The van der Waals surface area contributed by atoms with Gasteiger partial charge >= 0.3 is 0 Å². The first-order valence-corrected chi connectivity index (χ1v) is 8.60. The van der Waals surface area contributed by atoms with E-state index in [1.165, 1.54) is 0 Å². The van der Waals surface area contributed by atoms with Gasteiger partial charge in [0.2, 0.25) is 11.7 Å². The summed E-state index contributed by atoms with van der Waals surface area (Å²) in [7, 11) is -3.91. The van der Waals surface area contributed by atoms with E-state index < -0.39 is 15.8 Å². The lowest BCUT2D eigenvalue weighted by atomic mass is 10.2. The van der Waals surface area contributed by atoms with Gasteiger partial charge < -0.3 is 4.52 Å². The van der Waals surface area contributed by atoms with E-state index in [0.29, 0.717) is 23.0 Å². The molecule has 1 N–H and O–H groups in total. The van der Waals surface area contributed by atoms with Crippen LogP contribution >= 0.6 is 11.6 Å². The molecule has 0 saturated carbocycles. The van der Waals surface area contributed by atoms with Gasteiger partial charge in [0.25, 0.3) is 10.0 Å². The molecule has 3 rings (SSSR count). The lowest BCUT2D eigenvalue weighted by molar-refractivity contribution is 0.394. The van der Waals surface area contributed by atoms with Gasteiger partial charge in [0.1, 0.15) is 5.82 Å². The highest BCUT2D eigenvalue weighted by Gasteiger charge is 2.17. The van der Waals surface area contributed by atoms with Crippen molar-refractivity contribution in [1.29, 1.82) is 0 Å². The number of hydrogen-bond donors (Lipinski definition) is 1. The fourth-order valence-electron chi connectivity index (χ4n) is 2.00. The van der Waals surface area contributed by atoms with Crippen molar-refractivity contribution in [2.75, 3.05) is 4.72 Å². The highest BCUT2D eigenvalue weighted by Crippen LogP contribution is 2.24. The van der Waals surface area contributed by atoms with Gasteiger partial charge in [-0.3, -0.25) is 4.72 Å². The molecule has 124 valence electrons. The lowest BCUT2D eigenvalue weighted by Gasteiger charge is -2.09. The van der Waals surface area contributed by atoms with Crippen molar-refractivity contribution in [3.8, 4) is 11.4 Å². The molecule has 0 aliphatic carbocycles. The van der Waals surface area contributed by atoms with Gasteiger partial charge in [0.05, 0.1) is 9.92 Å². The molecular weight excluding hydrogens is 357 g/mol. The highest BCUT2D eigenvalue weighted by molar-refractivity contribution is 7.92. The van der Waals surface area contributed by atoms with Crippen LogP contribution in [0.5, 0.6) is 0 Å². The second-order valence-corrected chi connectivity index (χ2v) is 6.99. The zero-order valence-electron chi connectivity index (χ0n) is 12.3. The number of rotatable bonds is 4. The van der Waals surface area contributed by atoms with E-state index in [2.05, 4.69) is 14.9 Å². The van der Waals surface area contributed by atoms with Crippen LogP contribution in [0.1, 0.15) is 5.89 Å². The van der Waals surface area contributed by atoms with E-state index in [1.54, 1.807) is 31.2 Å². The molecule has 2 aromatic carbocycles. The van der Waals surface area contributed by atoms with Crippen LogP contribution in [0.25, 0.3) is 11.4 Å². The molecule has 0 fully saturated rings. The molecule has 0 aliphatic heterocycles. The van der Waals surface area contributed by atoms with Crippen molar-refractivity contribution in [1.82, 2.24) is 10.1 Å². The van der Waals surface area contributed by atoms with E-state index >= 15 is 0 Å². The van der Waals surface area contributed by atoms with Crippen molar-refractivity contribution in [3.63, 3.8) is 0 Å². The van der Waals surface area contributed by atoms with Crippen LogP contribution in [0.2, 0.25) is 5.02 Å². The Morgan fingerprint density at radius 2 is 2.00 bits per heavy atom. The predicted octanol–water partition coefficient (Wildman–Crippen LogP) is 3.64. The van der Waals surface area contributed by atoms with Crippen molar-refractivity contribution in [2.45, 2.75) is 11.8 Å². The average molecular weight is 368 g/mol. The largest absolute Gasteiger partial charge is 0.339 e. The lowest BCUT2D eigenvalue weighted by Crippen LogP contribution is -2.13. The van der Waals surface area contributed by atoms with Crippen LogP contribution in [0.15, 0.2) is 51.9 Å². The van der Waals surface area contributed by atoms with Gasteiger partial charge in [-0.15, -0.1) is 0 Å². The standard InChI is InChI=1S/C15H11ClFN3O3S/c1-9-18-15(19-23-9)10-3-2-4-11(7-10)20-24(21,22)12-5-6-14(17)13(16)8-12/h2-8,20H,1H3. The third-order valence-corrected chi connectivity index (χ3v) is 4.77. The minimum absolute atomic E-state index is 0.144. The Balaban J connectivity index is 1.91. The summed E-state index contributed by atoms with van der Waals surface area (Å²) in [4.78, 5) is 3.94. The first-order chi connectivity index (χ1) is 11.3. The summed E-state index contributed by atoms with van der Waals surface area (Å²) in [5, 5.41) is 3.51. The summed E-state index contributed by atoms with van der Waals surface area (Å²) in [6, 6.07) is 9.68. The molecule has 3 aromatic rings. The number of hydrogen-bond acceptors (Lipinski definition) is 5. The minimum Gasteiger partial charge on any atom is -0.339 e. The van der Waals surface area contributed by atoms with Crippen molar-refractivity contribution < 1.29 is 17.3 Å². The van der Waals surface area contributed by atoms with Crippen LogP contribution in [0, 0.1) is 12.7 Å². The predicted molar refractivity (Wildman–Crippen MR) is 86.7 cm³/mol. The molecule has 1 aromatic heterocycles. The number of anilines is 1. The summed E-state index contributed by atoms with van der Waals surface area (Å²) in [6.45, 7) is 1.65. The number of sulfonamides is 1. The van der Waals surface area contributed by atoms with Crippen LogP contribution in [-0.2, 0) is 10.0 Å². The topological polar surface area (TPSA) is 85.1 Å². The van der Waals surface area contributed by atoms with Gasteiger partial charge in [-0.25, -0.2) is 12.8 Å². The fourth-order valence-corrected chi connectivity index (χ4v) is 3.32. The molecule has 0 amide bonds. The summed E-state index contributed by atoms with van der Waals surface area (Å²) < 4.78 is 45.2. The van der Waals surface area contributed by atoms with Crippen LogP contribution in [-0.4, -0.2) is 18.6 Å². The third-order valence-electron chi connectivity index (χ3n) is 3.10. The Hall–Kier alpha value is -2.45. The molecule has 0 atom stereocenters. The Bertz CT molecular complexity index is 1000. The smallest absolute Gasteiger partial charge is 0.261 e. The second kappa shape index (κ2) is 6.21. The minimum atomic E-state index is -3.91. The maximum atomic E-state index is 13.2. The summed E-state index contributed by atoms with van der Waals surface area (Å²) in [5.74, 6) is 0.0559. The maximum Gasteiger partial charge on any atom is 0.261 e. The van der Waals surface area contributed by atoms with Gasteiger partial charge in [0, 0.05) is 18.2 Å². The molecule has 0 aliphatic rings. The van der Waals surface area contributed by atoms with Crippen molar-refractivity contribution in [3.05, 3.63) is 59.2 Å². The summed E-state index contributed by atoms with van der Waals surface area (Å²) >= 11 is 5.64. The second-order valence-electron chi connectivity index (χ2n) is 4.90. The Labute approximate surface area is 142 Å². The molecule has 1 heterocycles. The molecule has 0 spiro atoms. The number of aromatic nitrogens is 2. The highest BCUT2D eigenvalue weighted by atomic mass is 35.5. The number of halogens is 2. The van der Waals surface area contributed by atoms with Crippen LogP contribution < -0.4 is 4.72 Å². The molecule has 0 saturated heterocycles. The summed E-state index contributed by atoms with van der Waals surface area (Å²) in [6.07, 6.45) is 0. The number of aryl methyl sites for hydroxylation is 1. The Morgan fingerprint density at radius 1 is 1.21 bits per heavy atom. The molecule has 6 nitrogen and oxygen atoms in total. The van der Waals surface area contributed by atoms with E-state index in [-0.39, 0.29) is 9.92 Å². The van der Waals surface area contributed by atoms with Gasteiger partial charge in [-0.2, -0.15) is 4.98 Å².